The zero-order valence-electron chi connectivity index (χ0n) is 13.5. The van der Waals surface area contributed by atoms with Gasteiger partial charge in [-0.15, -0.1) is 22.7 Å². The van der Waals surface area contributed by atoms with Crippen LogP contribution >= 0.6 is 22.7 Å². The van der Waals surface area contributed by atoms with Crippen molar-refractivity contribution in [2.45, 2.75) is 39.3 Å². The minimum Gasteiger partial charge on any atom is -0.348 e. The van der Waals surface area contributed by atoms with Crippen LogP contribution in [0.3, 0.4) is 0 Å². The maximum absolute atomic E-state index is 12.5. The number of rotatable bonds is 7. The van der Waals surface area contributed by atoms with Crippen LogP contribution in [0.25, 0.3) is 0 Å². The lowest BCUT2D eigenvalue weighted by atomic mass is 10.0. The van der Waals surface area contributed by atoms with Gasteiger partial charge in [0.05, 0.1) is 18.5 Å². The van der Waals surface area contributed by atoms with E-state index in [-0.39, 0.29) is 30.3 Å². The monoisotopic (exact) mass is 350 g/mol. The molecule has 2 N–H and O–H groups in total. The molecular weight excluding hydrogens is 328 g/mol. The SMILES string of the molecule is CC(=O)N[C@H](CC(=O)N[C@@H](c1cccs1)C(C)C)c1cccs1. The lowest BCUT2D eigenvalue weighted by Crippen LogP contribution is -2.35. The van der Waals surface area contributed by atoms with Crippen LogP contribution in [-0.2, 0) is 9.59 Å². The highest BCUT2D eigenvalue weighted by Crippen LogP contribution is 2.27. The van der Waals surface area contributed by atoms with Crippen molar-refractivity contribution in [1.29, 1.82) is 0 Å². The van der Waals surface area contributed by atoms with Gasteiger partial charge < -0.3 is 10.6 Å². The Balaban J connectivity index is 2.04. The molecule has 0 fully saturated rings. The molecule has 2 atom stereocenters. The number of hydrogen-bond acceptors (Lipinski definition) is 4. The molecule has 4 nitrogen and oxygen atoms in total. The second-order valence-corrected chi connectivity index (χ2v) is 7.74. The Morgan fingerprint density at radius 1 is 1.04 bits per heavy atom. The molecule has 2 amide bonds. The van der Waals surface area contributed by atoms with Gasteiger partial charge in [-0.2, -0.15) is 0 Å². The fourth-order valence-electron chi connectivity index (χ4n) is 2.41. The van der Waals surface area contributed by atoms with Gasteiger partial charge in [0.15, 0.2) is 0 Å². The van der Waals surface area contributed by atoms with Crippen LogP contribution in [0.4, 0.5) is 0 Å². The summed E-state index contributed by atoms with van der Waals surface area (Å²) in [7, 11) is 0. The van der Waals surface area contributed by atoms with E-state index < -0.39 is 0 Å². The van der Waals surface area contributed by atoms with Crippen LogP contribution in [0.15, 0.2) is 35.0 Å². The third-order valence-electron chi connectivity index (χ3n) is 3.49. The molecule has 0 radical (unpaired) electrons. The molecule has 0 aromatic carbocycles. The summed E-state index contributed by atoms with van der Waals surface area (Å²) in [5, 5.41) is 9.94. The van der Waals surface area contributed by atoms with Gasteiger partial charge in [0, 0.05) is 16.7 Å². The van der Waals surface area contributed by atoms with Crippen molar-refractivity contribution in [2.75, 3.05) is 0 Å². The van der Waals surface area contributed by atoms with Gasteiger partial charge in [-0.05, 0) is 28.8 Å². The van der Waals surface area contributed by atoms with Crippen molar-refractivity contribution in [3.05, 3.63) is 44.8 Å². The summed E-state index contributed by atoms with van der Waals surface area (Å²) in [6.07, 6.45) is 0.245. The van der Waals surface area contributed by atoms with E-state index in [4.69, 9.17) is 0 Å². The lowest BCUT2D eigenvalue weighted by Gasteiger charge is -2.23. The smallest absolute Gasteiger partial charge is 0.222 e. The van der Waals surface area contributed by atoms with Gasteiger partial charge in [0.1, 0.15) is 0 Å². The number of carbonyl (C=O) groups excluding carboxylic acids is 2. The van der Waals surface area contributed by atoms with Crippen molar-refractivity contribution in [2.24, 2.45) is 5.92 Å². The molecule has 2 aromatic rings. The number of nitrogens with one attached hydrogen (secondary N) is 2. The standard InChI is InChI=1S/C17H22N2O2S2/c1-11(2)17(15-7-5-9-23-15)19-16(21)10-13(18-12(3)20)14-6-4-8-22-14/h4-9,11,13,17H,10H2,1-3H3,(H,18,20)(H,19,21)/t13-,17-/m1/s1. The van der Waals surface area contributed by atoms with Crippen LogP contribution in [0, 0.1) is 5.92 Å². The third kappa shape index (κ3) is 5.18. The average Bonchev–Trinajstić information content (AvgIpc) is 3.16. The number of thiophene rings is 2. The normalized spacial score (nSPS) is 13.6. The Kier molecular flexibility index (Phi) is 6.36. The van der Waals surface area contributed by atoms with E-state index in [0.717, 1.165) is 9.75 Å². The number of carbonyl (C=O) groups is 2. The maximum atomic E-state index is 12.5. The predicted octanol–water partition coefficient (Wildman–Crippen LogP) is 3.89. The quantitative estimate of drug-likeness (QED) is 0.796. The van der Waals surface area contributed by atoms with E-state index in [9.17, 15) is 9.59 Å². The molecule has 0 aliphatic heterocycles. The Labute approximate surface area is 144 Å². The molecule has 0 saturated heterocycles. The van der Waals surface area contributed by atoms with Crippen molar-refractivity contribution < 1.29 is 9.59 Å². The summed E-state index contributed by atoms with van der Waals surface area (Å²) in [5.41, 5.74) is 0. The van der Waals surface area contributed by atoms with Crippen molar-refractivity contribution >= 4 is 34.5 Å². The summed E-state index contributed by atoms with van der Waals surface area (Å²) in [6, 6.07) is 7.63. The molecule has 0 unspecified atom stereocenters. The minimum atomic E-state index is -0.274. The molecule has 2 rings (SSSR count). The Morgan fingerprint density at radius 3 is 2.13 bits per heavy atom. The topological polar surface area (TPSA) is 58.2 Å². The average molecular weight is 351 g/mol. The van der Waals surface area contributed by atoms with Gasteiger partial charge in [0.25, 0.3) is 0 Å². The van der Waals surface area contributed by atoms with Crippen LogP contribution in [0.1, 0.15) is 49.0 Å². The van der Waals surface area contributed by atoms with Crippen LogP contribution in [-0.4, -0.2) is 11.8 Å². The Morgan fingerprint density at radius 2 is 1.65 bits per heavy atom. The Bertz CT molecular complexity index is 621. The zero-order valence-corrected chi connectivity index (χ0v) is 15.2. The van der Waals surface area contributed by atoms with Gasteiger partial charge in [-0.1, -0.05) is 26.0 Å². The second-order valence-electron chi connectivity index (χ2n) is 5.78. The highest BCUT2D eigenvalue weighted by molar-refractivity contribution is 7.10. The van der Waals surface area contributed by atoms with E-state index in [1.165, 1.54) is 6.92 Å². The van der Waals surface area contributed by atoms with E-state index >= 15 is 0 Å². The fourth-order valence-corrected chi connectivity index (χ4v) is 4.14. The first kappa shape index (κ1) is 17.7. The first-order valence-electron chi connectivity index (χ1n) is 7.60. The maximum Gasteiger partial charge on any atom is 0.222 e. The molecule has 124 valence electrons. The van der Waals surface area contributed by atoms with E-state index in [1.54, 1.807) is 22.7 Å². The minimum absolute atomic E-state index is 0.00353. The molecule has 0 aliphatic carbocycles. The highest BCUT2D eigenvalue weighted by atomic mass is 32.1. The summed E-state index contributed by atoms with van der Waals surface area (Å²) in [4.78, 5) is 26.0. The zero-order chi connectivity index (χ0) is 16.8. The van der Waals surface area contributed by atoms with Gasteiger partial charge in [-0.3, -0.25) is 9.59 Å². The molecule has 23 heavy (non-hydrogen) atoms. The summed E-state index contributed by atoms with van der Waals surface area (Å²) in [5.74, 6) is 0.123. The lowest BCUT2D eigenvalue weighted by molar-refractivity contribution is -0.123. The summed E-state index contributed by atoms with van der Waals surface area (Å²) in [6.45, 7) is 5.66. The van der Waals surface area contributed by atoms with Crippen LogP contribution < -0.4 is 10.6 Å². The highest BCUT2D eigenvalue weighted by Gasteiger charge is 2.23. The molecule has 2 aromatic heterocycles. The number of hydrogen-bond donors (Lipinski definition) is 2. The largest absolute Gasteiger partial charge is 0.348 e. The fraction of sp³-hybridized carbons (Fsp3) is 0.412. The first-order valence-corrected chi connectivity index (χ1v) is 9.36. The van der Waals surface area contributed by atoms with E-state index in [1.807, 2.05) is 35.0 Å². The molecule has 6 heteroatoms. The van der Waals surface area contributed by atoms with Gasteiger partial charge in [-0.25, -0.2) is 0 Å². The van der Waals surface area contributed by atoms with Gasteiger partial charge in [0.2, 0.25) is 11.8 Å². The molecule has 0 aliphatic rings. The van der Waals surface area contributed by atoms with Crippen molar-refractivity contribution in [3.8, 4) is 0 Å². The summed E-state index contributed by atoms with van der Waals surface area (Å²) < 4.78 is 0. The van der Waals surface area contributed by atoms with E-state index in [2.05, 4.69) is 24.5 Å². The molecule has 0 bridgehead atoms. The molecule has 0 spiro atoms. The second kappa shape index (κ2) is 8.26. The van der Waals surface area contributed by atoms with Crippen molar-refractivity contribution in [1.82, 2.24) is 10.6 Å². The summed E-state index contributed by atoms with van der Waals surface area (Å²) >= 11 is 3.19. The van der Waals surface area contributed by atoms with Crippen LogP contribution in [0.5, 0.6) is 0 Å². The van der Waals surface area contributed by atoms with Crippen LogP contribution in [0.2, 0.25) is 0 Å². The van der Waals surface area contributed by atoms with Crippen molar-refractivity contribution in [3.63, 3.8) is 0 Å². The molecular formula is C17H22N2O2S2. The third-order valence-corrected chi connectivity index (χ3v) is 5.43. The Hall–Kier alpha value is -1.66. The predicted molar refractivity (Wildman–Crippen MR) is 95.5 cm³/mol. The first-order chi connectivity index (χ1) is 11.0. The van der Waals surface area contributed by atoms with E-state index in [0.29, 0.717) is 5.92 Å². The molecule has 2 heterocycles. The van der Waals surface area contributed by atoms with Gasteiger partial charge >= 0.3 is 0 Å². The molecule has 0 saturated carbocycles. The number of amides is 2.